The molecule has 3 aromatic carbocycles. The summed E-state index contributed by atoms with van der Waals surface area (Å²) in [6, 6.07) is 14.2. The molecule has 15 nitrogen and oxygen atoms in total. The van der Waals surface area contributed by atoms with Crippen LogP contribution in [0.15, 0.2) is 92.4 Å². The van der Waals surface area contributed by atoms with Gasteiger partial charge in [-0.15, -0.1) is 22.7 Å². The van der Waals surface area contributed by atoms with Crippen LogP contribution >= 0.6 is 46.7 Å². The summed E-state index contributed by atoms with van der Waals surface area (Å²) >= 11 is 8.73. The van der Waals surface area contributed by atoms with E-state index in [0.717, 1.165) is 35.9 Å². The van der Waals surface area contributed by atoms with Gasteiger partial charge in [-0.1, -0.05) is 106 Å². The molecular weight excluding hydrogens is 957 g/mol. The Labute approximate surface area is 411 Å². The zero-order valence-corrected chi connectivity index (χ0v) is 42.1. The van der Waals surface area contributed by atoms with Crippen LogP contribution in [0.4, 0.5) is 0 Å². The van der Waals surface area contributed by atoms with E-state index in [1.165, 1.54) is 66.8 Å². The maximum absolute atomic E-state index is 12.1. The maximum Gasteiger partial charge on any atom is 0.271 e. The van der Waals surface area contributed by atoms with Crippen molar-refractivity contribution in [1.29, 1.82) is 0 Å². The summed E-state index contributed by atoms with van der Waals surface area (Å²) in [6.07, 6.45) is 3.38. The van der Waals surface area contributed by atoms with Gasteiger partial charge in [0.15, 0.2) is 5.78 Å². The molecule has 1 saturated heterocycles. The minimum atomic E-state index is -0.386. The van der Waals surface area contributed by atoms with E-state index in [2.05, 4.69) is 46.1 Å². The fourth-order valence-corrected chi connectivity index (χ4v) is 10.0. The van der Waals surface area contributed by atoms with Gasteiger partial charge in [0.1, 0.15) is 14.7 Å². The molecule has 0 aliphatic carbocycles. The number of nitrogens with zero attached hydrogens (tertiary/aromatic N) is 6. The second-order valence-corrected chi connectivity index (χ2v) is 19.4. The summed E-state index contributed by atoms with van der Waals surface area (Å²) in [7, 11) is 9.41. The van der Waals surface area contributed by atoms with Gasteiger partial charge >= 0.3 is 0 Å². The quantitative estimate of drug-likeness (QED) is 0.141. The number of aromatic nitrogens is 4. The maximum atomic E-state index is 12.1. The molecule has 0 saturated carbocycles. The summed E-state index contributed by atoms with van der Waals surface area (Å²) in [5.74, 6) is -0.976. The fraction of sp³-hybridized carbons (Fsp3) is 0.160. The number of hydrogen-bond donors (Lipinski definition) is 0. The zero-order chi connectivity index (χ0) is 51.7. The van der Waals surface area contributed by atoms with Crippen molar-refractivity contribution in [3.8, 4) is 0 Å². The predicted molar refractivity (Wildman–Crippen MR) is 281 cm³/mol. The van der Waals surface area contributed by atoms with Gasteiger partial charge in [-0.3, -0.25) is 62.1 Å². The molecule has 4 amide bonds. The van der Waals surface area contributed by atoms with Crippen LogP contribution in [0.1, 0.15) is 59.5 Å². The number of amides is 4. The van der Waals surface area contributed by atoms with Gasteiger partial charge in [0, 0.05) is 63.7 Å². The second kappa shape index (κ2) is 20.8. The molecule has 354 valence electrons. The lowest BCUT2D eigenvalue weighted by atomic mass is 9.91. The van der Waals surface area contributed by atoms with Crippen molar-refractivity contribution in [2.75, 3.05) is 14.1 Å². The van der Waals surface area contributed by atoms with E-state index in [9.17, 15) is 43.2 Å². The van der Waals surface area contributed by atoms with E-state index in [4.69, 9.17) is 12.2 Å². The molecule has 0 spiro atoms. The smallest absolute Gasteiger partial charge is 0.271 e. The second-order valence-electron chi connectivity index (χ2n) is 15.4. The third kappa shape index (κ3) is 9.93. The van der Waals surface area contributed by atoms with Crippen molar-refractivity contribution < 1.29 is 24.0 Å². The Morgan fingerprint density at radius 3 is 1.58 bits per heavy atom. The summed E-state index contributed by atoms with van der Waals surface area (Å²) in [5, 5.41) is 1.62. The molecule has 9 rings (SSSR count). The van der Waals surface area contributed by atoms with Gasteiger partial charge in [0.05, 0.1) is 35.7 Å². The normalized spacial score (nSPS) is 15.1. The zero-order valence-electron chi connectivity index (χ0n) is 38.8. The SMILES string of the molecule is C=C1SC(=S)C(C)C1=O.C=Cc1ccc2c(c1)C(=O)N(C)C2=O.C=Cc1ccc2c3c(cccc13)C(=O)N(C)C2=O.C=c1c(=O)n(C)c(=C)n(C)c1=O.C=c1s/c(=c2/sc(=C)n(C)c2=O)n(C)c1=O. The average Bonchev–Trinajstić information content (AvgIpc) is 3.93. The first-order valence-corrected chi connectivity index (χ1v) is 23.2. The molecular formula is C50H46N6O9S4. The number of thioether (sulfide) groups is 1. The van der Waals surface area contributed by atoms with Crippen molar-refractivity contribution in [3.05, 3.63) is 177 Å². The molecule has 1 fully saturated rings. The number of imide groups is 2. The van der Waals surface area contributed by atoms with E-state index < -0.39 is 0 Å². The molecule has 0 bridgehead atoms. The molecule has 1 atom stereocenters. The largest absolute Gasteiger partial charge is 0.302 e. The third-order valence-corrected chi connectivity index (χ3v) is 15.1. The number of carbonyl (C=O) groups is 5. The minimum absolute atomic E-state index is 0.0209. The topological polar surface area (TPSA) is 180 Å². The van der Waals surface area contributed by atoms with E-state index in [1.54, 1.807) is 70.7 Å². The van der Waals surface area contributed by atoms with Crippen LogP contribution in [-0.2, 0) is 33.0 Å². The van der Waals surface area contributed by atoms with Crippen molar-refractivity contribution in [1.82, 2.24) is 28.1 Å². The van der Waals surface area contributed by atoms with Crippen LogP contribution in [0.2, 0.25) is 0 Å². The molecule has 6 aromatic rings. The van der Waals surface area contributed by atoms with Crippen molar-refractivity contribution in [2.45, 2.75) is 6.92 Å². The number of thiocarbonyl (C=S) groups is 1. The van der Waals surface area contributed by atoms with E-state index >= 15 is 0 Å². The van der Waals surface area contributed by atoms with Crippen LogP contribution in [0.25, 0.3) is 49.2 Å². The fourth-order valence-electron chi connectivity index (χ4n) is 6.82. The number of allylic oxidation sites excluding steroid dienone is 1. The van der Waals surface area contributed by atoms with Crippen LogP contribution in [0.5, 0.6) is 0 Å². The van der Waals surface area contributed by atoms with Gasteiger partial charge in [-0.05, 0) is 47.7 Å². The molecule has 3 aromatic heterocycles. The lowest BCUT2D eigenvalue weighted by molar-refractivity contribution is -0.116. The summed E-state index contributed by atoms with van der Waals surface area (Å²) in [6.45, 7) is 27.1. The number of fused-ring (bicyclic) bond motifs is 1. The Balaban J connectivity index is 0.000000164. The number of hydrogen-bond acceptors (Lipinski definition) is 13. The lowest BCUT2D eigenvalue weighted by Crippen LogP contribution is -2.55. The number of benzene rings is 3. The molecule has 69 heavy (non-hydrogen) atoms. The van der Waals surface area contributed by atoms with E-state index in [0.29, 0.717) is 51.0 Å². The van der Waals surface area contributed by atoms with Crippen molar-refractivity contribution in [3.63, 3.8) is 0 Å². The first-order valence-electron chi connectivity index (χ1n) is 20.3. The predicted octanol–water partition coefficient (Wildman–Crippen LogP) is 3.26. The van der Waals surface area contributed by atoms with Gasteiger partial charge < -0.3 is 9.13 Å². The van der Waals surface area contributed by atoms with Crippen molar-refractivity contribution >= 4 is 130 Å². The van der Waals surface area contributed by atoms with Crippen LogP contribution in [0, 0.1) is 15.1 Å². The highest BCUT2D eigenvalue weighted by atomic mass is 32.2. The molecule has 3 aliphatic rings. The van der Waals surface area contributed by atoms with Gasteiger partial charge in [0.25, 0.3) is 45.9 Å². The first kappa shape index (κ1) is 52.5. The number of carbonyl (C=O) groups excluding carboxylic acids is 5. The number of thiazole rings is 2. The molecule has 3 aliphatic heterocycles. The highest BCUT2D eigenvalue weighted by Crippen LogP contribution is 2.33. The third-order valence-electron chi connectivity index (χ3n) is 11.2. The Hall–Kier alpha value is -7.45. The Kier molecular flexibility index (Phi) is 15.8. The van der Waals surface area contributed by atoms with Crippen LogP contribution in [-0.4, -0.2) is 75.8 Å². The van der Waals surface area contributed by atoms with Crippen LogP contribution in [0.3, 0.4) is 0 Å². The first-order chi connectivity index (χ1) is 32.3. The Morgan fingerprint density at radius 2 is 1.13 bits per heavy atom. The average molecular weight is 1000 g/mol. The number of Topliss-reactive ketones (excluding diaryl/α,β-unsaturated/α-hetero) is 1. The minimum Gasteiger partial charge on any atom is -0.302 e. The monoisotopic (exact) mass is 1000 g/mol. The summed E-state index contributed by atoms with van der Waals surface area (Å²) in [5.41, 5.74) is 3.21. The molecule has 0 N–H and O–H groups in total. The molecule has 19 heteroatoms. The van der Waals surface area contributed by atoms with Crippen LogP contribution < -0.4 is 42.1 Å². The Bertz CT molecular complexity index is 3790. The standard InChI is InChI=1S/C15H11NO2.C11H9NO2.C10H10N2O2S2.C8H10N2O2.C6H6OS2/c1-3-9-7-8-12-13-10(9)5-4-6-11(13)14(17)16(2)15(12)18;1-3-7-4-5-8-9(6-7)11(14)12(2)10(8)13;1-5-8(13)12(4)10(15-5)7-9(14)11(3)6(2)16-7;1-5-7(11)9(3)6(2)10(4)8(5)12;1-3-5(7)4(2)9-6(3)8/h3-8H,1H2,2H3;3-6H,1H2,2H3;1-2H2,3-4H3;1-2H2,3-4H3;3H,2H2,1H3/b;;10-7+;;. The van der Waals surface area contributed by atoms with Crippen molar-refractivity contribution in [2.24, 2.45) is 34.1 Å². The number of rotatable bonds is 2. The molecule has 6 heterocycles. The molecule has 1 unspecified atom stereocenters. The molecule has 0 radical (unpaired) electrons. The lowest BCUT2D eigenvalue weighted by Gasteiger charge is -2.24. The van der Waals surface area contributed by atoms with E-state index in [-0.39, 0.29) is 62.8 Å². The highest BCUT2D eigenvalue weighted by molar-refractivity contribution is 8.27. The summed E-state index contributed by atoms with van der Waals surface area (Å²) < 4.78 is 8.60. The summed E-state index contributed by atoms with van der Waals surface area (Å²) in [4.78, 5) is 107. The highest BCUT2D eigenvalue weighted by Gasteiger charge is 2.33. The Morgan fingerprint density at radius 1 is 0.594 bits per heavy atom. The van der Waals surface area contributed by atoms with Gasteiger partial charge in [-0.2, -0.15) is 0 Å². The number of ketones is 1. The van der Waals surface area contributed by atoms with Gasteiger partial charge in [0.2, 0.25) is 0 Å². The van der Waals surface area contributed by atoms with Gasteiger partial charge in [-0.25, -0.2) is 0 Å². The van der Waals surface area contributed by atoms with E-state index in [1.807, 2.05) is 25.1 Å².